The molecule has 0 bridgehead atoms. The Hall–Kier alpha value is -5.18. The van der Waals surface area contributed by atoms with E-state index in [4.69, 9.17) is 16.3 Å². The van der Waals surface area contributed by atoms with E-state index in [1.54, 1.807) is 55.5 Å². The van der Waals surface area contributed by atoms with Crippen molar-refractivity contribution in [2.75, 3.05) is 25.0 Å². The molecule has 7 amide bonds. The second-order valence-electron chi connectivity index (χ2n) is 15.3. The first-order valence-electron chi connectivity index (χ1n) is 19.4. The van der Waals surface area contributed by atoms with Crippen molar-refractivity contribution in [1.82, 2.24) is 30.7 Å². The lowest BCUT2D eigenvalue weighted by Crippen LogP contribution is -2.63. The maximum atomic E-state index is 14.7. The van der Waals surface area contributed by atoms with Crippen LogP contribution in [0.15, 0.2) is 54.6 Å². The molecule has 15 nitrogen and oxygen atoms in total. The summed E-state index contributed by atoms with van der Waals surface area (Å²) in [5.74, 6) is -3.54. The molecule has 4 saturated heterocycles. The van der Waals surface area contributed by atoms with Gasteiger partial charge in [-0.2, -0.15) is 0 Å². The molecule has 16 heteroatoms. The van der Waals surface area contributed by atoms with Gasteiger partial charge in [0.05, 0.1) is 0 Å². The zero-order valence-corrected chi connectivity index (χ0v) is 32.6. The van der Waals surface area contributed by atoms with Crippen LogP contribution in [0.4, 0.5) is 10.5 Å². The monoisotopic (exact) mass is 791 g/mol. The normalized spacial score (nSPS) is 28.0. The Bertz CT molecular complexity index is 1830. The Morgan fingerprint density at radius 1 is 0.839 bits per heavy atom. The molecule has 6 rings (SSSR count). The summed E-state index contributed by atoms with van der Waals surface area (Å²) < 4.78 is 5.94. The summed E-state index contributed by atoms with van der Waals surface area (Å²) in [6.45, 7) is 5.69. The van der Waals surface area contributed by atoms with Gasteiger partial charge in [0.25, 0.3) is 0 Å². The van der Waals surface area contributed by atoms with Gasteiger partial charge in [0.1, 0.15) is 42.4 Å². The summed E-state index contributed by atoms with van der Waals surface area (Å²) in [4.78, 5) is 102. The molecule has 0 saturated carbocycles. The number of ether oxygens (including phenoxy) is 1. The standard InChI is InChI=1S/C40H50ClN7O8/c1-23-19-32-39(54)56-25(3)33(45-34(49)29(20-26-11-5-4-6-12-26)44-40(55)43-28-14-9-13-27(41)21-28)38(53)47-18-10-16-31(47)37(52)46-17-8-7-15-30(46)35(50)42-24(2)36(51)48(32)22-23/h4-6,9,11-14,21,23-25,29-33H,7-8,10,15-20,22H2,1-3H3,(H,42,50)(H,45,49)(H2,43,44,55)/t23-,24+,25+,29+,30+,31+,32+,33+/m1/s1. The lowest BCUT2D eigenvalue weighted by Gasteiger charge is -2.39. The van der Waals surface area contributed by atoms with Gasteiger partial charge in [-0.05, 0) is 82.1 Å². The van der Waals surface area contributed by atoms with Crippen LogP contribution in [0.5, 0.6) is 0 Å². The number of hydrogen-bond acceptors (Lipinski definition) is 8. The minimum absolute atomic E-state index is 0.0448. The molecule has 0 aliphatic carbocycles. The summed E-state index contributed by atoms with van der Waals surface area (Å²) in [6.07, 6.45) is 1.68. The second-order valence-corrected chi connectivity index (χ2v) is 15.7. The van der Waals surface area contributed by atoms with Crippen LogP contribution < -0.4 is 21.3 Å². The van der Waals surface area contributed by atoms with Gasteiger partial charge >= 0.3 is 12.0 Å². The first-order chi connectivity index (χ1) is 26.8. The highest BCUT2D eigenvalue weighted by Gasteiger charge is 2.47. The number of nitrogens with one attached hydrogen (secondary N) is 4. The summed E-state index contributed by atoms with van der Waals surface area (Å²) in [5, 5.41) is 11.4. The number of nitrogens with zero attached hydrogens (tertiary/aromatic N) is 3. The molecule has 56 heavy (non-hydrogen) atoms. The Labute approximate surface area is 331 Å². The van der Waals surface area contributed by atoms with Crippen LogP contribution in [0, 0.1) is 5.92 Å². The first-order valence-corrected chi connectivity index (χ1v) is 19.8. The minimum Gasteiger partial charge on any atom is -0.458 e. The molecule has 4 heterocycles. The van der Waals surface area contributed by atoms with Gasteiger partial charge in [-0.3, -0.25) is 24.0 Å². The quantitative estimate of drug-likeness (QED) is 0.322. The van der Waals surface area contributed by atoms with E-state index in [0.717, 1.165) is 5.56 Å². The average Bonchev–Trinajstić information content (AvgIpc) is 3.83. The van der Waals surface area contributed by atoms with Crippen LogP contribution in [0.1, 0.15) is 64.9 Å². The van der Waals surface area contributed by atoms with Crippen molar-refractivity contribution < 1.29 is 38.3 Å². The molecule has 2 aromatic rings. The number of anilines is 1. The number of halogens is 1. The predicted octanol–water partition coefficient (Wildman–Crippen LogP) is 2.62. The number of benzene rings is 2. The van der Waals surface area contributed by atoms with E-state index < -0.39 is 83.9 Å². The number of carbonyl (C=O) groups is 7. The average molecular weight is 792 g/mol. The zero-order chi connectivity index (χ0) is 40.1. The van der Waals surface area contributed by atoms with Crippen LogP contribution in [-0.2, 0) is 39.9 Å². The van der Waals surface area contributed by atoms with Crippen LogP contribution in [0.2, 0.25) is 5.02 Å². The van der Waals surface area contributed by atoms with Crippen molar-refractivity contribution in [3.63, 3.8) is 0 Å². The van der Waals surface area contributed by atoms with E-state index >= 15 is 0 Å². The van der Waals surface area contributed by atoms with Crippen molar-refractivity contribution in [1.29, 1.82) is 0 Å². The second kappa shape index (κ2) is 17.7. The van der Waals surface area contributed by atoms with E-state index in [1.165, 1.54) is 21.6 Å². The van der Waals surface area contributed by atoms with Gasteiger partial charge in [-0.15, -0.1) is 0 Å². The Morgan fingerprint density at radius 3 is 2.30 bits per heavy atom. The first kappa shape index (κ1) is 40.5. The number of urea groups is 1. The van der Waals surface area contributed by atoms with Crippen molar-refractivity contribution >= 4 is 58.8 Å². The van der Waals surface area contributed by atoms with E-state index in [9.17, 15) is 33.6 Å². The number of cyclic esters (lactones) is 1. The Morgan fingerprint density at radius 2 is 1.55 bits per heavy atom. The van der Waals surface area contributed by atoms with Gasteiger partial charge in [0, 0.05) is 36.8 Å². The molecule has 2 aromatic carbocycles. The molecule has 0 radical (unpaired) electrons. The third kappa shape index (κ3) is 9.26. The lowest BCUT2D eigenvalue weighted by atomic mass is 9.99. The molecule has 4 aliphatic heterocycles. The molecule has 8 atom stereocenters. The molecule has 4 fully saturated rings. The lowest BCUT2D eigenvalue weighted by molar-refractivity contribution is -0.163. The summed E-state index contributed by atoms with van der Waals surface area (Å²) in [7, 11) is 0. The molecule has 4 N–H and O–H groups in total. The van der Waals surface area contributed by atoms with E-state index in [0.29, 0.717) is 55.8 Å². The van der Waals surface area contributed by atoms with Crippen molar-refractivity contribution in [2.45, 2.75) is 108 Å². The number of carbonyl (C=O) groups excluding carboxylic acids is 7. The number of esters is 1. The van der Waals surface area contributed by atoms with E-state index in [2.05, 4.69) is 21.3 Å². The molecule has 0 aromatic heterocycles. The Kier molecular flexibility index (Phi) is 12.8. The van der Waals surface area contributed by atoms with E-state index in [-0.39, 0.29) is 25.4 Å². The summed E-state index contributed by atoms with van der Waals surface area (Å²) in [5.41, 5.74) is 1.11. The van der Waals surface area contributed by atoms with Gasteiger partial charge in [-0.25, -0.2) is 9.59 Å². The topological polar surface area (TPSA) is 187 Å². The number of hydrogen-bond donors (Lipinski definition) is 4. The SMILES string of the molecule is C[C@@H]1C[C@H]2C(=O)O[C@@H](C)[C@H](NC(=O)[C@H](Cc3ccccc3)NC(=O)Nc3cccc(Cl)c3)C(=O)N3CCC[C@H]3C(=O)N3CCCC[C@H]3C(=O)N[C@@H](C)C(=O)N2C1. The summed E-state index contributed by atoms with van der Waals surface area (Å²) >= 11 is 6.11. The third-order valence-electron chi connectivity index (χ3n) is 11.0. The summed E-state index contributed by atoms with van der Waals surface area (Å²) in [6, 6.07) is 8.37. The predicted molar refractivity (Wildman–Crippen MR) is 206 cm³/mol. The fourth-order valence-electron chi connectivity index (χ4n) is 8.17. The molecule has 300 valence electrons. The minimum atomic E-state index is -1.48. The number of amides is 7. The smallest absolute Gasteiger partial charge is 0.329 e. The molecular formula is C40H50ClN7O8. The van der Waals surface area contributed by atoms with Crippen molar-refractivity contribution in [3.8, 4) is 0 Å². The van der Waals surface area contributed by atoms with Crippen LogP contribution in [0.3, 0.4) is 0 Å². The van der Waals surface area contributed by atoms with Crippen molar-refractivity contribution in [3.05, 3.63) is 65.2 Å². The number of rotatable bonds is 6. The fourth-order valence-corrected chi connectivity index (χ4v) is 8.36. The Balaban J connectivity index is 1.32. The largest absolute Gasteiger partial charge is 0.458 e. The highest BCUT2D eigenvalue weighted by molar-refractivity contribution is 6.30. The number of piperidine rings is 1. The van der Waals surface area contributed by atoms with Crippen LogP contribution in [0.25, 0.3) is 0 Å². The van der Waals surface area contributed by atoms with Gasteiger partial charge in [0.15, 0.2) is 0 Å². The zero-order valence-electron chi connectivity index (χ0n) is 31.9. The third-order valence-corrected chi connectivity index (χ3v) is 11.3. The highest BCUT2D eigenvalue weighted by Crippen LogP contribution is 2.29. The highest BCUT2D eigenvalue weighted by atomic mass is 35.5. The van der Waals surface area contributed by atoms with Gasteiger partial charge in [0.2, 0.25) is 29.5 Å². The molecule has 0 spiro atoms. The molecular weight excluding hydrogens is 742 g/mol. The van der Waals surface area contributed by atoms with E-state index in [1.807, 2.05) is 13.0 Å². The van der Waals surface area contributed by atoms with Crippen molar-refractivity contribution in [2.24, 2.45) is 5.92 Å². The maximum Gasteiger partial charge on any atom is 0.329 e. The molecule has 0 unspecified atom stereocenters. The number of fused-ring (bicyclic) bond motifs is 3. The fraction of sp³-hybridized carbons (Fsp3) is 0.525. The van der Waals surface area contributed by atoms with Gasteiger partial charge in [-0.1, -0.05) is 54.9 Å². The van der Waals surface area contributed by atoms with Crippen LogP contribution in [-0.4, -0.2) is 118 Å². The van der Waals surface area contributed by atoms with Gasteiger partial charge < -0.3 is 40.7 Å². The van der Waals surface area contributed by atoms with Crippen LogP contribution >= 0.6 is 11.6 Å². The molecule has 4 aliphatic rings. The maximum absolute atomic E-state index is 14.7.